The molecule has 1 N–H and O–H groups in total. The molecule has 0 fully saturated rings. The third-order valence-corrected chi connectivity index (χ3v) is 2.29. The summed E-state index contributed by atoms with van der Waals surface area (Å²) in [6.07, 6.45) is 4.58. The van der Waals surface area contributed by atoms with Crippen molar-refractivity contribution in [1.29, 1.82) is 0 Å². The molecule has 0 bridgehead atoms. The molecule has 0 radical (unpaired) electrons. The zero-order chi connectivity index (χ0) is 8.55. The van der Waals surface area contributed by atoms with Crippen LogP contribution in [0.1, 0.15) is 18.5 Å². The number of amides is 1. The van der Waals surface area contributed by atoms with Crippen molar-refractivity contribution in [2.45, 2.75) is 19.3 Å². The summed E-state index contributed by atoms with van der Waals surface area (Å²) in [5.41, 5.74) is 2.22. The fourth-order valence-corrected chi connectivity index (χ4v) is 1.62. The van der Waals surface area contributed by atoms with E-state index in [1.165, 1.54) is 5.69 Å². The van der Waals surface area contributed by atoms with Crippen LogP contribution in [0.4, 0.5) is 5.69 Å². The van der Waals surface area contributed by atoms with Crippen LogP contribution in [0.15, 0.2) is 12.3 Å². The molecule has 1 aromatic heterocycles. The maximum absolute atomic E-state index is 11.1. The predicted octanol–water partition coefficient (Wildman–Crippen LogP) is 1.30. The van der Waals surface area contributed by atoms with Crippen molar-refractivity contribution in [3.63, 3.8) is 0 Å². The van der Waals surface area contributed by atoms with Crippen molar-refractivity contribution in [3.8, 4) is 0 Å². The minimum atomic E-state index is 0.139. The molecule has 0 aliphatic carbocycles. The van der Waals surface area contributed by atoms with Gasteiger partial charge in [-0.25, -0.2) is 0 Å². The molecule has 2 rings (SSSR count). The molecule has 12 heavy (non-hydrogen) atoms. The third-order valence-electron chi connectivity index (χ3n) is 2.29. The Morgan fingerprint density at radius 3 is 3.17 bits per heavy atom. The molecule has 0 unspecified atom stereocenters. The zero-order valence-electron chi connectivity index (χ0n) is 7.13. The van der Waals surface area contributed by atoms with E-state index in [1.807, 2.05) is 19.3 Å². The van der Waals surface area contributed by atoms with Crippen LogP contribution in [0.25, 0.3) is 0 Å². The summed E-state index contributed by atoms with van der Waals surface area (Å²) in [6.45, 7) is 0. The smallest absolute Gasteiger partial charge is 0.224 e. The summed E-state index contributed by atoms with van der Waals surface area (Å²) in [5.74, 6) is 0.139. The van der Waals surface area contributed by atoms with Gasteiger partial charge in [-0.3, -0.25) is 4.79 Å². The van der Waals surface area contributed by atoms with Gasteiger partial charge in [0.1, 0.15) is 0 Å². The maximum atomic E-state index is 11.1. The summed E-state index contributed by atoms with van der Waals surface area (Å²) in [6, 6.07) is 1.96. The van der Waals surface area contributed by atoms with Gasteiger partial charge < -0.3 is 9.88 Å². The number of anilines is 1. The number of rotatable bonds is 0. The van der Waals surface area contributed by atoms with Crippen molar-refractivity contribution in [2.24, 2.45) is 7.05 Å². The quantitative estimate of drug-likeness (QED) is 0.616. The Balaban J connectivity index is 2.39. The van der Waals surface area contributed by atoms with Gasteiger partial charge >= 0.3 is 0 Å². The highest BCUT2D eigenvalue weighted by molar-refractivity contribution is 5.92. The summed E-state index contributed by atoms with van der Waals surface area (Å²) in [5, 5.41) is 2.88. The Morgan fingerprint density at radius 2 is 2.33 bits per heavy atom. The number of aryl methyl sites for hydroxylation is 1. The molecule has 1 amide bonds. The number of carbonyl (C=O) groups excluding carboxylic acids is 1. The van der Waals surface area contributed by atoms with Gasteiger partial charge in [-0.15, -0.1) is 0 Å². The van der Waals surface area contributed by atoms with Gasteiger partial charge in [0.2, 0.25) is 5.91 Å². The molecule has 0 aromatic carbocycles. The van der Waals surface area contributed by atoms with Crippen molar-refractivity contribution in [1.82, 2.24) is 4.57 Å². The molecular formula is C9H12N2O. The van der Waals surface area contributed by atoms with Gasteiger partial charge in [-0.05, 0) is 18.9 Å². The van der Waals surface area contributed by atoms with Crippen LogP contribution in [0.3, 0.4) is 0 Å². The number of aromatic nitrogens is 1. The number of nitrogens with zero attached hydrogens (tertiary/aromatic N) is 1. The Morgan fingerprint density at radius 1 is 1.50 bits per heavy atom. The van der Waals surface area contributed by atoms with Crippen LogP contribution >= 0.6 is 0 Å². The van der Waals surface area contributed by atoms with Crippen LogP contribution < -0.4 is 5.32 Å². The number of hydrogen-bond acceptors (Lipinski definition) is 1. The van der Waals surface area contributed by atoms with Crippen molar-refractivity contribution < 1.29 is 4.79 Å². The highest BCUT2D eigenvalue weighted by atomic mass is 16.1. The number of nitrogens with one attached hydrogen (secondary N) is 1. The monoisotopic (exact) mass is 164 g/mol. The van der Waals surface area contributed by atoms with Crippen LogP contribution in [0.2, 0.25) is 0 Å². The maximum Gasteiger partial charge on any atom is 0.224 e. The first-order valence-corrected chi connectivity index (χ1v) is 4.21. The first-order chi connectivity index (χ1) is 5.77. The first-order valence-electron chi connectivity index (χ1n) is 4.21. The van der Waals surface area contributed by atoms with Gasteiger partial charge in [-0.1, -0.05) is 0 Å². The minimum Gasteiger partial charge on any atom is -0.353 e. The molecule has 0 spiro atoms. The number of fused-ring (bicyclic) bond motifs is 1. The van der Waals surface area contributed by atoms with E-state index in [0.29, 0.717) is 6.42 Å². The number of hydrogen-bond donors (Lipinski definition) is 1. The highest BCUT2D eigenvalue weighted by Crippen LogP contribution is 2.21. The Hall–Kier alpha value is -1.25. The van der Waals surface area contributed by atoms with E-state index in [1.54, 1.807) is 0 Å². The Bertz CT molecular complexity index is 314. The standard InChI is InChI=1S/C9H12N2O/c1-11-6-5-7-8(11)3-2-4-9(12)10-7/h5-6H,2-4H2,1H3,(H,10,12). The second-order valence-electron chi connectivity index (χ2n) is 3.19. The van der Waals surface area contributed by atoms with Gasteiger partial charge in [0.25, 0.3) is 0 Å². The fourth-order valence-electron chi connectivity index (χ4n) is 1.62. The summed E-state index contributed by atoms with van der Waals surface area (Å²) >= 11 is 0. The average Bonchev–Trinajstić information content (AvgIpc) is 2.31. The second kappa shape index (κ2) is 2.66. The van der Waals surface area contributed by atoms with Crippen LogP contribution in [0.5, 0.6) is 0 Å². The summed E-state index contributed by atoms with van der Waals surface area (Å²) in [4.78, 5) is 11.1. The first kappa shape index (κ1) is 7.40. The number of carbonyl (C=O) groups is 1. The molecule has 1 aliphatic heterocycles. The van der Waals surface area contributed by atoms with Crippen LogP contribution in [-0.4, -0.2) is 10.5 Å². The van der Waals surface area contributed by atoms with Gasteiger partial charge in [-0.2, -0.15) is 0 Å². The molecule has 1 aliphatic rings. The molecule has 0 saturated carbocycles. The zero-order valence-corrected chi connectivity index (χ0v) is 7.13. The SMILES string of the molecule is Cn1ccc2c1CCCC(=O)N2. The van der Waals surface area contributed by atoms with Gasteiger partial charge in [0.05, 0.1) is 5.69 Å². The molecule has 3 nitrogen and oxygen atoms in total. The fraction of sp³-hybridized carbons (Fsp3) is 0.444. The molecule has 0 saturated heterocycles. The van der Waals surface area contributed by atoms with Gasteiger partial charge in [0, 0.05) is 25.4 Å². The third kappa shape index (κ3) is 1.11. The molecular weight excluding hydrogens is 152 g/mol. The molecule has 2 heterocycles. The van der Waals surface area contributed by atoms with E-state index >= 15 is 0 Å². The molecule has 0 atom stereocenters. The van der Waals surface area contributed by atoms with Crippen LogP contribution in [-0.2, 0) is 18.3 Å². The van der Waals surface area contributed by atoms with Crippen molar-refractivity contribution >= 4 is 11.6 Å². The van der Waals surface area contributed by atoms with Gasteiger partial charge in [0.15, 0.2) is 0 Å². The van der Waals surface area contributed by atoms with E-state index in [9.17, 15) is 4.79 Å². The highest BCUT2D eigenvalue weighted by Gasteiger charge is 2.14. The average molecular weight is 164 g/mol. The van der Waals surface area contributed by atoms with E-state index in [2.05, 4.69) is 9.88 Å². The van der Waals surface area contributed by atoms with Crippen molar-refractivity contribution in [3.05, 3.63) is 18.0 Å². The van der Waals surface area contributed by atoms with E-state index in [4.69, 9.17) is 0 Å². The summed E-state index contributed by atoms with van der Waals surface area (Å²) in [7, 11) is 2.01. The largest absolute Gasteiger partial charge is 0.353 e. The van der Waals surface area contributed by atoms with Crippen LogP contribution in [0, 0.1) is 0 Å². The lowest BCUT2D eigenvalue weighted by Gasteiger charge is -2.01. The molecule has 1 aromatic rings. The molecule has 64 valence electrons. The lowest BCUT2D eigenvalue weighted by molar-refractivity contribution is -0.116. The molecule has 3 heteroatoms. The topological polar surface area (TPSA) is 34.0 Å². The Labute approximate surface area is 71.4 Å². The predicted molar refractivity (Wildman–Crippen MR) is 47.0 cm³/mol. The normalized spacial score (nSPS) is 16.6. The summed E-state index contributed by atoms with van der Waals surface area (Å²) < 4.78 is 2.07. The minimum absolute atomic E-state index is 0.139. The van der Waals surface area contributed by atoms with E-state index in [-0.39, 0.29) is 5.91 Å². The lowest BCUT2D eigenvalue weighted by atomic mass is 10.2. The second-order valence-corrected chi connectivity index (χ2v) is 3.19. The Kier molecular flexibility index (Phi) is 1.64. The van der Waals surface area contributed by atoms with Crippen molar-refractivity contribution in [2.75, 3.05) is 5.32 Å². The van der Waals surface area contributed by atoms with E-state index in [0.717, 1.165) is 18.5 Å². The lowest BCUT2D eigenvalue weighted by Crippen LogP contribution is -2.08. The van der Waals surface area contributed by atoms with E-state index < -0.39 is 0 Å².